The van der Waals surface area contributed by atoms with Gasteiger partial charge >= 0.3 is 0 Å². The van der Waals surface area contributed by atoms with Gasteiger partial charge in [0.25, 0.3) is 0 Å². The highest BCUT2D eigenvalue weighted by molar-refractivity contribution is 5.88. The molecule has 0 saturated heterocycles. The summed E-state index contributed by atoms with van der Waals surface area (Å²) in [6.45, 7) is 0.475. The van der Waals surface area contributed by atoms with E-state index in [9.17, 15) is 4.79 Å². The average Bonchev–Trinajstić information content (AvgIpc) is 2.92. The molecule has 2 aromatic rings. The normalized spacial score (nSPS) is 16.9. The largest absolute Gasteiger partial charge is 0.326 e. The Bertz CT molecular complexity index is 636. The summed E-state index contributed by atoms with van der Waals surface area (Å²) in [5, 5.41) is 0. The molecule has 2 N–H and O–H groups in total. The van der Waals surface area contributed by atoms with E-state index in [1.807, 2.05) is 30.3 Å². The van der Waals surface area contributed by atoms with Crippen molar-refractivity contribution in [2.75, 3.05) is 0 Å². The summed E-state index contributed by atoms with van der Waals surface area (Å²) >= 11 is 0. The number of rotatable bonds is 4. The van der Waals surface area contributed by atoms with Crippen molar-refractivity contribution in [3.05, 3.63) is 65.0 Å². The first-order chi connectivity index (χ1) is 9.79. The second-order valence-electron chi connectivity index (χ2n) is 5.25. The highest BCUT2D eigenvalue weighted by atomic mass is 16.1. The molecule has 1 aliphatic carbocycles. The number of aryl methyl sites for hydroxylation is 1. The van der Waals surface area contributed by atoms with Crippen LogP contribution in [0.5, 0.6) is 0 Å². The molecule has 1 unspecified atom stereocenters. The molecule has 0 amide bonds. The number of benzene rings is 1. The number of hydrogen-bond donors (Lipinski definition) is 1. The lowest BCUT2D eigenvalue weighted by Crippen LogP contribution is -2.15. The van der Waals surface area contributed by atoms with E-state index in [2.05, 4.69) is 11.1 Å². The van der Waals surface area contributed by atoms with Crippen LogP contribution in [0.1, 0.15) is 34.7 Å². The topological polar surface area (TPSA) is 56.0 Å². The zero-order chi connectivity index (χ0) is 13.9. The van der Waals surface area contributed by atoms with Gasteiger partial charge in [-0.15, -0.1) is 0 Å². The van der Waals surface area contributed by atoms with Crippen LogP contribution in [0.25, 0.3) is 0 Å². The Hall–Kier alpha value is -2.00. The molecule has 1 aromatic carbocycles. The zero-order valence-electron chi connectivity index (χ0n) is 11.4. The monoisotopic (exact) mass is 266 g/mol. The molecule has 3 rings (SSSR count). The molecule has 1 heterocycles. The fourth-order valence-electron chi connectivity index (χ4n) is 2.97. The molecule has 0 aliphatic heterocycles. The Morgan fingerprint density at radius 2 is 2.00 bits per heavy atom. The average molecular weight is 266 g/mol. The molecule has 3 heteroatoms. The first-order valence-electron chi connectivity index (χ1n) is 7.03. The molecule has 0 radical (unpaired) electrons. The van der Waals surface area contributed by atoms with Crippen molar-refractivity contribution in [3.8, 4) is 0 Å². The van der Waals surface area contributed by atoms with Gasteiger partial charge in [-0.05, 0) is 35.6 Å². The molecule has 1 aromatic heterocycles. The van der Waals surface area contributed by atoms with E-state index in [4.69, 9.17) is 5.73 Å². The van der Waals surface area contributed by atoms with E-state index in [-0.39, 0.29) is 11.7 Å². The lowest BCUT2D eigenvalue weighted by Gasteiger charge is -2.11. The van der Waals surface area contributed by atoms with Crippen molar-refractivity contribution in [1.82, 2.24) is 4.98 Å². The highest BCUT2D eigenvalue weighted by Crippen LogP contribution is 2.32. The summed E-state index contributed by atoms with van der Waals surface area (Å²) in [4.78, 5) is 17.0. The second kappa shape index (κ2) is 5.55. The summed E-state index contributed by atoms with van der Waals surface area (Å²) in [7, 11) is 0. The quantitative estimate of drug-likeness (QED) is 0.924. The van der Waals surface area contributed by atoms with Crippen LogP contribution in [0, 0.1) is 0 Å². The molecular weight excluding hydrogens is 248 g/mol. The molecule has 3 nitrogen and oxygen atoms in total. The molecule has 0 bridgehead atoms. The van der Waals surface area contributed by atoms with E-state index < -0.39 is 0 Å². The number of nitrogens with zero attached hydrogens (tertiary/aromatic N) is 1. The standard InChI is InChI=1S/C17H18N2O/c18-11-14-5-2-1-4-13(14)10-16(20)15-8-7-12-6-3-9-19-17(12)15/h1-6,9,15H,7-8,10-11,18H2. The van der Waals surface area contributed by atoms with Crippen LogP contribution < -0.4 is 5.73 Å². The third kappa shape index (κ3) is 2.37. The van der Waals surface area contributed by atoms with Gasteiger partial charge in [-0.1, -0.05) is 30.3 Å². The van der Waals surface area contributed by atoms with Gasteiger partial charge in [0, 0.05) is 19.2 Å². The molecule has 102 valence electrons. The Labute approximate surface area is 118 Å². The molecule has 0 fully saturated rings. The van der Waals surface area contributed by atoms with Gasteiger partial charge in [-0.2, -0.15) is 0 Å². The van der Waals surface area contributed by atoms with E-state index in [0.717, 1.165) is 29.7 Å². The van der Waals surface area contributed by atoms with Gasteiger partial charge in [-0.25, -0.2) is 0 Å². The maximum Gasteiger partial charge on any atom is 0.146 e. The van der Waals surface area contributed by atoms with Gasteiger partial charge in [0.15, 0.2) is 0 Å². The fourth-order valence-corrected chi connectivity index (χ4v) is 2.97. The van der Waals surface area contributed by atoms with E-state index in [1.165, 1.54) is 5.56 Å². The van der Waals surface area contributed by atoms with Crippen LogP contribution in [-0.4, -0.2) is 10.8 Å². The maximum absolute atomic E-state index is 12.6. The lowest BCUT2D eigenvalue weighted by molar-refractivity contribution is -0.119. The van der Waals surface area contributed by atoms with Crippen molar-refractivity contribution in [1.29, 1.82) is 0 Å². The molecule has 0 saturated carbocycles. The Morgan fingerprint density at radius 3 is 2.80 bits per heavy atom. The minimum absolute atomic E-state index is 0.0444. The van der Waals surface area contributed by atoms with Crippen molar-refractivity contribution in [2.24, 2.45) is 5.73 Å². The summed E-state index contributed by atoms with van der Waals surface area (Å²) < 4.78 is 0. The number of hydrogen-bond acceptors (Lipinski definition) is 3. The summed E-state index contributed by atoms with van der Waals surface area (Å²) in [5.74, 6) is 0.209. The van der Waals surface area contributed by atoms with Gasteiger partial charge in [0.2, 0.25) is 0 Å². The molecule has 0 spiro atoms. The minimum Gasteiger partial charge on any atom is -0.326 e. The first-order valence-corrected chi connectivity index (χ1v) is 7.03. The SMILES string of the molecule is NCc1ccccc1CC(=O)C1CCc2cccnc21. The van der Waals surface area contributed by atoms with Crippen LogP contribution in [0.4, 0.5) is 0 Å². The second-order valence-corrected chi connectivity index (χ2v) is 5.25. The van der Waals surface area contributed by atoms with Crippen LogP contribution >= 0.6 is 0 Å². The molecule has 1 aliphatic rings. The molecular formula is C17H18N2O. The third-order valence-corrected chi connectivity index (χ3v) is 4.05. The summed E-state index contributed by atoms with van der Waals surface area (Å²) in [6.07, 6.45) is 4.07. The van der Waals surface area contributed by atoms with Gasteiger partial charge in [-0.3, -0.25) is 9.78 Å². The van der Waals surface area contributed by atoms with Crippen LogP contribution in [0.3, 0.4) is 0 Å². The van der Waals surface area contributed by atoms with Gasteiger partial charge in [0.1, 0.15) is 5.78 Å². The van der Waals surface area contributed by atoms with E-state index >= 15 is 0 Å². The number of carbonyl (C=O) groups excluding carboxylic acids is 1. The summed E-state index contributed by atoms with van der Waals surface area (Å²) in [6, 6.07) is 11.9. The van der Waals surface area contributed by atoms with Crippen molar-refractivity contribution >= 4 is 5.78 Å². The number of aromatic nitrogens is 1. The third-order valence-electron chi connectivity index (χ3n) is 4.05. The van der Waals surface area contributed by atoms with Gasteiger partial charge in [0.05, 0.1) is 11.6 Å². The zero-order valence-corrected chi connectivity index (χ0v) is 11.4. The van der Waals surface area contributed by atoms with E-state index in [0.29, 0.717) is 13.0 Å². The Morgan fingerprint density at radius 1 is 1.20 bits per heavy atom. The maximum atomic E-state index is 12.6. The Kier molecular flexibility index (Phi) is 3.61. The first kappa shape index (κ1) is 13.0. The minimum atomic E-state index is -0.0444. The predicted molar refractivity (Wildman–Crippen MR) is 78.3 cm³/mol. The number of Topliss-reactive ketones (excluding diaryl/α,β-unsaturated/α-hetero) is 1. The number of nitrogens with two attached hydrogens (primary N) is 1. The van der Waals surface area contributed by atoms with Crippen molar-refractivity contribution in [3.63, 3.8) is 0 Å². The number of pyridine rings is 1. The van der Waals surface area contributed by atoms with Crippen molar-refractivity contribution in [2.45, 2.75) is 31.7 Å². The van der Waals surface area contributed by atoms with Gasteiger partial charge < -0.3 is 5.73 Å². The number of carbonyl (C=O) groups is 1. The predicted octanol–water partition coefficient (Wildman–Crippen LogP) is 2.38. The van der Waals surface area contributed by atoms with E-state index in [1.54, 1.807) is 6.20 Å². The Balaban J connectivity index is 1.81. The highest BCUT2D eigenvalue weighted by Gasteiger charge is 2.29. The lowest BCUT2D eigenvalue weighted by atomic mass is 9.93. The smallest absolute Gasteiger partial charge is 0.146 e. The molecule has 20 heavy (non-hydrogen) atoms. The fraction of sp³-hybridized carbons (Fsp3) is 0.294. The summed E-state index contributed by atoms with van der Waals surface area (Å²) in [5.41, 5.74) is 10.0. The van der Waals surface area contributed by atoms with Crippen LogP contribution in [0.2, 0.25) is 0 Å². The number of ketones is 1. The van der Waals surface area contributed by atoms with Crippen LogP contribution in [-0.2, 0) is 24.2 Å². The molecule has 1 atom stereocenters. The van der Waals surface area contributed by atoms with Crippen molar-refractivity contribution < 1.29 is 4.79 Å². The number of fused-ring (bicyclic) bond motifs is 1. The van der Waals surface area contributed by atoms with Crippen LogP contribution in [0.15, 0.2) is 42.6 Å².